The van der Waals surface area contributed by atoms with Gasteiger partial charge in [0.05, 0.1) is 18.8 Å². The van der Waals surface area contributed by atoms with Gasteiger partial charge in [-0.25, -0.2) is 9.18 Å². The van der Waals surface area contributed by atoms with E-state index in [4.69, 9.17) is 14.2 Å². The van der Waals surface area contributed by atoms with E-state index >= 15 is 0 Å². The normalized spacial score (nSPS) is 10.8. The van der Waals surface area contributed by atoms with Crippen LogP contribution in [0.25, 0.3) is 11.1 Å². The van der Waals surface area contributed by atoms with Gasteiger partial charge in [-0.1, -0.05) is 95.9 Å². The van der Waals surface area contributed by atoms with Gasteiger partial charge in [-0.05, 0) is 66.4 Å². The molecule has 0 aromatic heterocycles. The van der Waals surface area contributed by atoms with Crippen LogP contribution in [0.15, 0.2) is 66.7 Å². The van der Waals surface area contributed by atoms with Crippen molar-refractivity contribution in [1.29, 1.82) is 0 Å². The number of unbranched alkanes of at least 4 members (excludes halogenated alkanes) is 9. The summed E-state index contributed by atoms with van der Waals surface area (Å²) in [6.45, 7) is 5.60. The summed E-state index contributed by atoms with van der Waals surface area (Å²) < 4.78 is 31.3. The fraction of sp³-hybridized carbons (Fsp3) is 0.441. The van der Waals surface area contributed by atoms with Crippen LogP contribution in [-0.4, -0.2) is 19.2 Å². The molecule has 0 aliphatic heterocycles. The van der Waals surface area contributed by atoms with Gasteiger partial charge in [0.15, 0.2) is 11.6 Å². The lowest BCUT2D eigenvalue weighted by Gasteiger charge is -2.10. The predicted octanol–water partition coefficient (Wildman–Crippen LogP) is 9.80. The molecule has 0 amide bonds. The van der Waals surface area contributed by atoms with Crippen LogP contribution in [0.1, 0.15) is 94.8 Å². The van der Waals surface area contributed by atoms with Crippen LogP contribution in [-0.2, 0) is 0 Å². The Hall–Kier alpha value is -3.34. The molecule has 0 N–H and O–H groups in total. The second-order valence-corrected chi connectivity index (χ2v) is 9.96. The summed E-state index contributed by atoms with van der Waals surface area (Å²) in [4.78, 5) is 12.6. The van der Waals surface area contributed by atoms with E-state index in [0.29, 0.717) is 12.4 Å². The van der Waals surface area contributed by atoms with Crippen LogP contribution in [0.3, 0.4) is 0 Å². The zero-order valence-electron chi connectivity index (χ0n) is 23.6. The molecule has 0 radical (unpaired) electrons. The summed E-state index contributed by atoms with van der Waals surface area (Å²) in [6, 6.07) is 19.5. The summed E-state index contributed by atoms with van der Waals surface area (Å²) >= 11 is 0. The number of esters is 1. The maximum Gasteiger partial charge on any atom is 0.343 e. The highest BCUT2D eigenvalue weighted by molar-refractivity contribution is 5.91. The fourth-order valence-electron chi connectivity index (χ4n) is 4.33. The lowest BCUT2D eigenvalue weighted by Crippen LogP contribution is -2.09. The molecule has 0 saturated carbocycles. The monoisotopic (exact) mass is 534 g/mol. The Morgan fingerprint density at radius 3 is 1.69 bits per heavy atom. The first kappa shape index (κ1) is 30.2. The predicted molar refractivity (Wildman–Crippen MR) is 156 cm³/mol. The van der Waals surface area contributed by atoms with Gasteiger partial charge in [-0.2, -0.15) is 0 Å². The van der Waals surface area contributed by atoms with Gasteiger partial charge in [-0.3, -0.25) is 0 Å². The van der Waals surface area contributed by atoms with Gasteiger partial charge in [0.1, 0.15) is 11.5 Å². The summed E-state index contributed by atoms with van der Waals surface area (Å²) in [5, 5.41) is 0. The third-order valence-corrected chi connectivity index (χ3v) is 6.69. The molecule has 39 heavy (non-hydrogen) atoms. The SMILES string of the molecule is CCCCCCCCOc1ccc(-c2ccc(OC(=O)c3ccc(OCCCCCCC)c(F)c3)cc2)cc1. The minimum atomic E-state index is -0.611. The smallest absolute Gasteiger partial charge is 0.343 e. The van der Waals surface area contributed by atoms with E-state index in [0.717, 1.165) is 49.2 Å². The number of halogens is 1. The van der Waals surface area contributed by atoms with Gasteiger partial charge in [0.2, 0.25) is 0 Å². The van der Waals surface area contributed by atoms with Gasteiger partial charge < -0.3 is 14.2 Å². The lowest BCUT2D eigenvalue weighted by atomic mass is 10.1. The van der Waals surface area contributed by atoms with Crippen molar-refractivity contribution in [2.75, 3.05) is 13.2 Å². The van der Waals surface area contributed by atoms with Crippen LogP contribution in [0.2, 0.25) is 0 Å². The van der Waals surface area contributed by atoms with Crippen molar-refractivity contribution in [2.45, 2.75) is 84.5 Å². The Morgan fingerprint density at radius 1 is 0.615 bits per heavy atom. The van der Waals surface area contributed by atoms with Crippen molar-refractivity contribution < 1.29 is 23.4 Å². The first-order chi connectivity index (χ1) is 19.1. The van der Waals surface area contributed by atoms with Crippen molar-refractivity contribution in [1.82, 2.24) is 0 Å². The van der Waals surface area contributed by atoms with E-state index in [1.54, 1.807) is 12.1 Å². The van der Waals surface area contributed by atoms with Crippen molar-refractivity contribution in [3.05, 3.63) is 78.1 Å². The molecule has 4 nitrogen and oxygen atoms in total. The van der Waals surface area contributed by atoms with Crippen LogP contribution in [0.4, 0.5) is 4.39 Å². The molecule has 0 atom stereocenters. The number of hydrogen-bond donors (Lipinski definition) is 0. The molecule has 0 saturated heterocycles. The van der Waals surface area contributed by atoms with Crippen LogP contribution in [0.5, 0.6) is 17.2 Å². The Bertz CT molecular complexity index is 1110. The van der Waals surface area contributed by atoms with Crippen molar-refractivity contribution in [3.8, 4) is 28.4 Å². The van der Waals surface area contributed by atoms with Crippen LogP contribution >= 0.6 is 0 Å². The third-order valence-electron chi connectivity index (χ3n) is 6.69. The molecule has 3 aromatic carbocycles. The third kappa shape index (κ3) is 10.7. The number of carbonyl (C=O) groups excluding carboxylic acids is 1. The maximum atomic E-state index is 14.5. The molecule has 0 aliphatic carbocycles. The first-order valence-corrected chi connectivity index (χ1v) is 14.6. The molecule has 3 aromatic rings. The highest BCUT2D eigenvalue weighted by atomic mass is 19.1. The van der Waals surface area contributed by atoms with Crippen molar-refractivity contribution in [3.63, 3.8) is 0 Å². The molecule has 0 bridgehead atoms. The summed E-state index contributed by atoms with van der Waals surface area (Å²) in [6.07, 6.45) is 13.0. The molecule has 210 valence electrons. The number of rotatable bonds is 18. The Morgan fingerprint density at radius 2 is 1.13 bits per heavy atom. The molecular formula is C34H43FO4. The van der Waals surface area contributed by atoms with E-state index in [2.05, 4.69) is 13.8 Å². The molecule has 0 spiro atoms. The first-order valence-electron chi connectivity index (χ1n) is 14.6. The van der Waals surface area contributed by atoms with Crippen LogP contribution < -0.4 is 14.2 Å². The zero-order valence-corrected chi connectivity index (χ0v) is 23.6. The molecule has 0 heterocycles. The van der Waals surface area contributed by atoms with E-state index < -0.39 is 11.8 Å². The quantitative estimate of drug-likeness (QED) is 0.0925. The van der Waals surface area contributed by atoms with E-state index in [1.165, 1.54) is 63.1 Å². The van der Waals surface area contributed by atoms with E-state index in [-0.39, 0.29) is 11.3 Å². The van der Waals surface area contributed by atoms with Crippen molar-refractivity contribution >= 4 is 5.97 Å². The van der Waals surface area contributed by atoms with Gasteiger partial charge in [0, 0.05) is 0 Å². The Balaban J connectivity index is 1.44. The van der Waals surface area contributed by atoms with E-state index in [1.807, 2.05) is 36.4 Å². The summed E-state index contributed by atoms with van der Waals surface area (Å²) in [7, 11) is 0. The van der Waals surface area contributed by atoms with Crippen molar-refractivity contribution in [2.24, 2.45) is 0 Å². The molecule has 0 fully saturated rings. The highest BCUT2D eigenvalue weighted by Gasteiger charge is 2.13. The summed E-state index contributed by atoms with van der Waals surface area (Å²) in [5.41, 5.74) is 2.19. The van der Waals surface area contributed by atoms with Gasteiger partial charge in [-0.15, -0.1) is 0 Å². The number of hydrogen-bond acceptors (Lipinski definition) is 4. The number of carbonyl (C=O) groups is 1. The van der Waals surface area contributed by atoms with Crippen LogP contribution in [0, 0.1) is 5.82 Å². The second kappa shape index (κ2) is 17.3. The molecule has 5 heteroatoms. The Kier molecular flexibility index (Phi) is 13.4. The minimum Gasteiger partial charge on any atom is -0.494 e. The number of benzene rings is 3. The fourth-order valence-corrected chi connectivity index (χ4v) is 4.33. The molecule has 0 aliphatic rings. The molecule has 0 unspecified atom stereocenters. The second-order valence-electron chi connectivity index (χ2n) is 9.96. The summed E-state index contributed by atoms with van der Waals surface area (Å²) in [5.74, 6) is 0.251. The maximum absolute atomic E-state index is 14.5. The topological polar surface area (TPSA) is 44.8 Å². The zero-order chi connectivity index (χ0) is 27.7. The highest BCUT2D eigenvalue weighted by Crippen LogP contribution is 2.26. The lowest BCUT2D eigenvalue weighted by molar-refractivity contribution is 0.0734. The Labute approximate surface area is 233 Å². The largest absolute Gasteiger partial charge is 0.494 e. The van der Waals surface area contributed by atoms with Gasteiger partial charge >= 0.3 is 5.97 Å². The molecular weight excluding hydrogens is 491 g/mol. The number of ether oxygens (including phenoxy) is 3. The minimum absolute atomic E-state index is 0.142. The average Bonchev–Trinajstić information content (AvgIpc) is 2.96. The molecule has 3 rings (SSSR count). The standard InChI is InChI=1S/C34H43FO4/c1-3-5-7-9-11-12-24-37-30-19-14-27(15-20-30)28-16-21-31(22-17-28)39-34(36)29-18-23-33(32(35)26-29)38-25-13-10-8-6-4-2/h14-23,26H,3-13,24-25H2,1-2H3. The average molecular weight is 535 g/mol. The van der Waals surface area contributed by atoms with E-state index in [9.17, 15) is 9.18 Å². The van der Waals surface area contributed by atoms with Gasteiger partial charge in [0.25, 0.3) is 0 Å².